The highest BCUT2D eigenvalue weighted by molar-refractivity contribution is 7.98. The number of nitrogens with one attached hydrogen (secondary N) is 1. The van der Waals surface area contributed by atoms with Gasteiger partial charge in [-0.1, -0.05) is 26.0 Å². The van der Waals surface area contributed by atoms with Gasteiger partial charge in [0.1, 0.15) is 0 Å². The van der Waals surface area contributed by atoms with Crippen molar-refractivity contribution in [3.05, 3.63) is 35.9 Å². The minimum absolute atomic E-state index is 0.142. The highest BCUT2D eigenvalue weighted by Crippen LogP contribution is 2.15. The molecule has 0 aliphatic heterocycles. The molecule has 4 heteroatoms. The van der Waals surface area contributed by atoms with Crippen molar-refractivity contribution < 1.29 is 9.90 Å². The van der Waals surface area contributed by atoms with Crippen LogP contribution in [0.4, 0.5) is 0 Å². The third-order valence-corrected chi connectivity index (χ3v) is 3.54. The summed E-state index contributed by atoms with van der Waals surface area (Å²) in [6.07, 6.45) is 4.78. The zero-order valence-electron chi connectivity index (χ0n) is 11.6. The average molecular weight is 279 g/mol. The van der Waals surface area contributed by atoms with Gasteiger partial charge in [0, 0.05) is 17.5 Å². The third kappa shape index (κ3) is 5.94. The van der Waals surface area contributed by atoms with Crippen molar-refractivity contribution in [2.75, 3.05) is 12.8 Å². The molecule has 0 aliphatic rings. The van der Waals surface area contributed by atoms with Gasteiger partial charge in [0.05, 0.1) is 6.10 Å². The van der Waals surface area contributed by atoms with E-state index in [1.807, 2.05) is 44.4 Å². The van der Waals surface area contributed by atoms with Crippen LogP contribution in [0, 0.1) is 5.92 Å². The maximum absolute atomic E-state index is 11.6. The maximum atomic E-state index is 11.6. The normalized spacial score (nSPS) is 12.9. The Kier molecular flexibility index (Phi) is 6.67. The second-order valence-electron chi connectivity index (χ2n) is 4.66. The van der Waals surface area contributed by atoms with Crippen molar-refractivity contribution in [1.82, 2.24) is 5.32 Å². The van der Waals surface area contributed by atoms with Gasteiger partial charge in [-0.15, -0.1) is 11.8 Å². The molecule has 0 radical (unpaired) electrons. The molecule has 0 saturated carbocycles. The van der Waals surface area contributed by atoms with Crippen molar-refractivity contribution in [1.29, 1.82) is 0 Å². The highest BCUT2D eigenvalue weighted by atomic mass is 32.2. The summed E-state index contributed by atoms with van der Waals surface area (Å²) in [7, 11) is 0. The molecule has 1 unspecified atom stereocenters. The van der Waals surface area contributed by atoms with E-state index in [4.69, 9.17) is 0 Å². The molecule has 3 nitrogen and oxygen atoms in total. The lowest BCUT2D eigenvalue weighted by molar-refractivity contribution is -0.117. The van der Waals surface area contributed by atoms with E-state index < -0.39 is 6.10 Å². The molecule has 0 spiro atoms. The van der Waals surface area contributed by atoms with Crippen LogP contribution in [0.25, 0.3) is 6.08 Å². The molecule has 104 valence electrons. The van der Waals surface area contributed by atoms with Crippen LogP contribution in [0.15, 0.2) is 35.2 Å². The molecule has 1 amide bonds. The molecule has 1 aromatic carbocycles. The molecule has 1 atom stereocenters. The first-order valence-electron chi connectivity index (χ1n) is 6.31. The van der Waals surface area contributed by atoms with E-state index in [1.165, 1.54) is 11.0 Å². The van der Waals surface area contributed by atoms with Crippen LogP contribution in [0.5, 0.6) is 0 Å². The second kappa shape index (κ2) is 8.02. The predicted molar refractivity (Wildman–Crippen MR) is 81.1 cm³/mol. The monoisotopic (exact) mass is 279 g/mol. The molecule has 1 aromatic rings. The Morgan fingerprint density at radius 2 is 2.00 bits per heavy atom. The van der Waals surface area contributed by atoms with Gasteiger partial charge in [-0.25, -0.2) is 0 Å². The fraction of sp³-hybridized carbons (Fsp3) is 0.400. The summed E-state index contributed by atoms with van der Waals surface area (Å²) < 4.78 is 0. The number of rotatable bonds is 6. The van der Waals surface area contributed by atoms with E-state index in [0.29, 0.717) is 0 Å². The topological polar surface area (TPSA) is 49.3 Å². The zero-order valence-corrected chi connectivity index (χ0v) is 12.4. The Labute approximate surface area is 119 Å². The Balaban J connectivity index is 2.44. The van der Waals surface area contributed by atoms with E-state index in [1.54, 1.807) is 17.8 Å². The Bertz CT molecular complexity index is 426. The van der Waals surface area contributed by atoms with Crippen LogP contribution in [0.2, 0.25) is 0 Å². The fourth-order valence-corrected chi connectivity index (χ4v) is 1.79. The first-order chi connectivity index (χ1) is 9.02. The highest BCUT2D eigenvalue weighted by Gasteiger charge is 2.09. The molecule has 0 heterocycles. The largest absolute Gasteiger partial charge is 0.391 e. The molecular formula is C15H21NO2S. The van der Waals surface area contributed by atoms with E-state index in [2.05, 4.69) is 5.32 Å². The number of hydrogen-bond donors (Lipinski definition) is 2. The van der Waals surface area contributed by atoms with Gasteiger partial charge in [0.15, 0.2) is 0 Å². The molecule has 0 aromatic heterocycles. The van der Waals surface area contributed by atoms with Crippen molar-refractivity contribution in [3.8, 4) is 0 Å². The first-order valence-corrected chi connectivity index (χ1v) is 7.53. The lowest BCUT2D eigenvalue weighted by Gasteiger charge is -2.13. The summed E-state index contributed by atoms with van der Waals surface area (Å²) in [6, 6.07) is 7.98. The van der Waals surface area contributed by atoms with E-state index >= 15 is 0 Å². The quantitative estimate of drug-likeness (QED) is 0.621. The van der Waals surface area contributed by atoms with Crippen molar-refractivity contribution >= 4 is 23.7 Å². The van der Waals surface area contributed by atoms with Gasteiger partial charge in [-0.05, 0) is 35.9 Å². The van der Waals surface area contributed by atoms with E-state index in [-0.39, 0.29) is 18.4 Å². The molecule has 0 aliphatic carbocycles. The Hall–Kier alpha value is -1.26. The lowest BCUT2D eigenvalue weighted by atomic mass is 10.1. The molecule has 2 N–H and O–H groups in total. The summed E-state index contributed by atoms with van der Waals surface area (Å²) in [5, 5.41) is 12.3. The van der Waals surface area contributed by atoms with Crippen LogP contribution < -0.4 is 5.32 Å². The number of carbonyl (C=O) groups excluding carboxylic acids is 1. The van der Waals surface area contributed by atoms with Crippen molar-refractivity contribution in [2.45, 2.75) is 24.8 Å². The van der Waals surface area contributed by atoms with Crippen LogP contribution in [0.3, 0.4) is 0 Å². The van der Waals surface area contributed by atoms with Gasteiger partial charge in [0.2, 0.25) is 5.91 Å². The molecule has 19 heavy (non-hydrogen) atoms. The Morgan fingerprint density at radius 1 is 1.37 bits per heavy atom. The van der Waals surface area contributed by atoms with Crippen LogP contribution in [0.1, 0.15) is 19.4 Å². The van der Waals surface area contributed by atoms with Crippen LogP contribution in [-0.4, -0.2) is 29.9 Å². The molecule has 0 bridgehead atoms. The van der Waals surface area contributed by atoms with Crippen molar-refractivity contribution in [2.24, 2.45) is 5.92 Å². The molecule has 1 rings (SSSR count). The van der Waals surface area contributed by atoms with Gasteiger partial charge in [0.25, 0.3) is 0 Å². The average Bonchev–Trinajstić information content (AvgIpc) is 2.42. The fourth-order valence-electron chi connectivity index (χ4n) is 1.39. The SMILES string of the molecule is CSc1ccc(/C=C/C(=O)NCC(O)C(C)C)cc1. The smallest absolute Gasteiger partial charge is 0.244 e. The summed E-state index contributed by atoms with van der Waals surface area (Å²) in [5.74, 6) is -0.0444. The van der Waals surface area contributed by atoms with Gasteiger partial charge < -0.3 is 10.4 Å². The number of aliphatic hydroxyl groups excluding tert-OH is 1. The van der Waals surface area contributed by atoms with Gasteiger partial charge in [-0.2, -0.15) is 0 Å². The third-order valence-electron chi connectivity index (χ3n) is 2.80. The summed E-state index contributed by atoms with van der Waals surface area (Å²) in [6.45, 7) is 4.12. The second-order valence-corrected chi connectivity index (χ2v) is 5.54. The summed E-state index contributed by atoms with van der Waals surface area (Å²) >= 11 is 1.68. The molecule has 0 fully saturated rings. The Morgan fingerprint density at radius 3 is 2.53 bits per heavy atom. The minimum Gasteiger partial charge on any atom is -0.391 e. The number of thioether (sulfide) groups is 1. The first kappa shape index (κ1) is 15.8. The summed E-state index contributed by atoms with van der Waals surface area (Å²) in [5.41, 5.74) is 0.984. The van der Waals surface area contributed by atoms with Gasteiger partial charge in [-0.3, -0.25) is 4.79 Å². The standard InChI is InChI=1S/C15H21NO2S/c1-11(2)14(17)10-16-15(18)9-6-12-4-7-13(19-3)8-5-12/h4-9,11,14,17H,10H2,1-3H3,(H,16,18)/b9-6+. The molecule has 0 saturated heterocycles. The number of aliphatic hydroxyl groups is 1. The number of hydrogen-bond acceptors (Lipinski definition) is 3. The van der Waals surface area contributed by atoms with Crippen molar-refractivity contribution in [3.63, 3.8) is 0 Å². The zero-order chi connectivity index (χ0) is 14.3. The number of benzene rings is 1. The maximum Gasteiger partial charge on any atom is 0.244 e. The number of carbonyl (C=O) groups is 1. The minimum atomic E-state index is -0.502. The van der Waals surface area contributed by atoms with Crippen LogP contribution >= 0.6 is 11.8 Å². The van der Waals surface area contributed by atoms with Crippen LogP contribution in [-0.2, 0) is 4.79 Å². The van der Waals surface area contributed by atoms with E-state index in [9.17, 15) is 9.90 Å². The predicted octanol–water partition coefficient (Wildman–Crippen LogP) is 2.55. The lowest BCUT2D eigenvalue weighted by Crippen LogP contribution is -2.33. The number of amides is 1. The van der Waals surface area contributed by atoms with E-state index in [0.717, 1.165) is 5.56 Å². The van der Waals surface area contributed by atoms with Gasteiger partial charge >= 0.3 is 0 Å². The summed E-state index contributed by atoms with van der Waals surface area (Å²) in [4.78, 5) is 12.7. The molecular weight excluding hydrogens is 258 g/mol.